The van der Waals surface area contributed by atoms with Gasteiger partial charge in [0.25, 0.3) is 5.91 Å². The van der Waals surface area contributed by atoms with E-state index >= 15 is 0 Å². The molecule has 0 N–H and O–H groups in total. The summed E-state index contributed by atoms with van der Waals surface area (Å²) in [6.07, 6.45) is 0. The van der Waals surface area contributed by atoms with Crippen molar-refractivity contribution in [2.45, 2.75) is 6.54 Å². The van der Waals surface area contributed by atoms with Gasteiger partial charge in [-0.15, -0.1) is 21.5 Å². The SMILES string of the molecule is CN(Cc1cccs1)C(=O)c1cc(Cl)nnc1Cl. The Kier molecular flexibility index (Phi) is 4.16. The Morgan fingerprint density at radius 2 is 2.22 bits per heavy atom. The van der Waals surface area contributed by atoms with Crippen LogP contribution in [0.4, 0.5) is 0 Å². The highest BCUT2D eigenvalue weighted by Gasteiger charge is 2.17. The van der Waals surface area contributed by atoms with Crippen LogP contribution in [0, 0.1) is 0 Å². The Hall–Kier alpha value is -1.17. The summed E-state index contributed by atoms with van der Waals surface area (Å²) in [7, 11) is 1.70. The van der Waals surface area contributed by atoms with Gasteiger partial charge in [0.1, 0.15) is 0 Å². The Morgan fingerprint density at radius 1 is 1.44 bits per heavy atom. The first-order chi connectivity index (χ1) is 8.58. The first-order valence-electron chi connectivity index (χ1n) is 5.04. The molecule has 4 nitrogen and oxygen atoms in total. The number of carbonyl (C=O) groups excluding carboxylic acids is 1. The first-order valence-corrected chi connectivity index (χ1v) is 6.68. The predicted molar refractivity (Wildman–Crippen MR) is 72.2 cm³/mol. The molecule has 2 rings (SSSR count). The topological polar surface area (TPSA) is 46.1 Å². The van der Waals surface area contributed by atoms with Crippen molar-refractivity contribution in [3.8, 4) is 0 Å². The van der Waals surface area contributed by atoms with Crippen molar-refractivity contribution in [2.75, 3.05) is 7.05 Å². The monoisotopic (exact) mass is 301 g/mol. The molecule has 2 aromatic rings. The number of carbonyl (C=O) groups is 1. The van der Waals surface area contributed by atoms with Crippen LogP contribution in [0.15, 0.2) is 23.6 Å². The summed E-state index contributed by atoms with van der Waals surface area (Å²) in [6.45, 7) is 0.521. The molecular formula is C11H9Cl2N3OS. The minimum Gasteiger partial charge on any atom is -0.336 e. The van der Waals surface area contributed by atoms with Gasteiger partial charge in [-0.25, -0.2) is 0 Å². The molecule has 1 amide bonds. The third-order valence-corrected chi connectivity index (χ3v) is 3.59. The summed E-state index contributed by atoms with van der Waals surface area (Å²) in [5.41, 5.74) is 0.260. The van der Waals surface area contributed by atoms with Crippen molar-refractivity contribution in [1.82, 2.24) is 15.1 Å². The lowest BCUT2D eigenvalue weighted by atomic mass is 10.2. The molecule has 7 heteroatoms. The number of thiophene rings is 1. The molecule has 0 aromatic carbocycles. The normalized spacial score (nSPS) is 10.4. The lowest BCUT2D eigenvalue weighted by Gasteiger charge is -2.16. The van der Waals surface area contributed by atoms with Crippen LogP contribution >= 0.6 is 34.5 Å². The fourth-order valence-corrected chi connectivity index (χ4v) is 2.49. The average molecular weight is 302 g/mol. The van der Waals surface area contributed by atoms with E-state index in [9.17, 15) is 4.79 Å². The van der Waals surface area contributed by atoms with E-state index in [0.29, 0.717) is 6.54 Å². The molecular weight excluding hydrogens is 293 g/mol. The van der Waals surface area contributed by atoms with Crippen molar-refractivity contribution < 1.29 is 4.79 Å². The Bertz CT molecular complexity index is 559. The number of nitrogens with zero attached hydrogens (tertiary/aromatic N) is 3. The molecule has 0 aliphatic heterocycles. The minimum atomic E-state index is -0.231. The molecule has 0 spiro atoms. The van der Waals surface area contributed by atoms with Crippen LogP contribution in [0.1, 0.15) is 15.2 Å². The number of halogens is 2. The molecule has 0 saturated heterocycles. The Labute approximate surface area is 118 Å². The first kappa shape index (κ1) is 13.3. The highest BCUT2D eigenvalue weighted by atomic mass is 35.5. The van der Waals surface area contributed by atoms with Gasteiger partial charge in [-0.3, -0.25) is 4.79 Å². The predicted octanol–water partition coefficient (Wildman–Crippen LogP) is 3.12. The summed E-state index contributed by atoms with van der Waals surface area (Å²) in [6, 6.07) is 5.33. The Balaban J connectivity index is 2.17. The van der Waals surface area contributed by atoms with Gasteiger partial charge in [0.15, 0.2) is 10.3 Å². The standard InChI is InChI=1S/C11H9Cl2N3OS/c1-16(6-7-3-2-4-18-7)11(17)8-5-9(12)14-15-10(8)13/h2-5H,6H2,1H3. The molecule has 0 aliphatic rings. The molecule has 0 fully saturated rings. The van der Waals surface area contributed by atoms with Crippen LogP contribution in [0.3, 0.4) is 0 Å². The largest absolute Gasteiger partial charge is 0.336 e. The summed E-state index contributed by atoms with van der Waals surface area (Å²) in [5, 5.41) is 9.36. The maximum absolute atomic E-state index is 12.2. The molecule has 2 heterocycles. The highest BCUT2D eigenvalue weighted by molar-refractivity contribution is 7.09. The van der Waals surface area contributed by atoms with E-state index in [0.717, 1.165) is 4.88 Å². The van der Waals surface area contributed by atoms with Crippen molar-refractivity contribution in [3.05, 3.63) is 44.3 Å². The van der Waals surface area contributed by atoms with E-state index < -0.39 is 0 Å². The van der Waals surface area contributed by atoms with E-state index in [1.54, 1.807) is 23.3 Å². The molecule has 18 heavy (non-hydrogen) atoms. The van der Waals surface area contributed by atoms with Crippen LogP contribution in [0.2, 0.25) is 10.3 Å². The molecule has 0 atom stereocenters. The third kappa shape index (κ3) is 2.98. The fraction of sp³-hybridized carbons (Fsp3) is 0.182. The second-order valence-corrected chi connectivity index (χ2v) is 5.39. The van der Waals surface area contributed by atoms with Gasteiger partial charge in [-0.1, -0.05) is 29.3 Å². The maximum Gasteiger partial charge on any atom is 0.257 e. The number of hydrogen-bond donors (Lipinski definition) is 0. The summed E-state index contributed by atoms with van der Waals surface area (Å²) in [5.74, 6) is -0.231. The van der Waals surface area contributed by atoms with Crippen LogP contribution in [0.5, 0.6) is 0 Å². The lowest BCUT2D eigenvalue weighted by Crippen LogP contribution is -2.26. The molecule has 0 aliphatic carbocycles. The summed E-state index contributed by atoms with van der Waals surface area (Å²) in [4.78, 5) is 14.8. The third-order valence-electron chi connectivity index (χ3n) is 2.27. The second-order valence-electron chi connectivity index (χ2n) is 3.61. The van der Waals surface area contributed by atoms with Crippen molar-refractivity contribution in [1.29, 1.82) is 0 Å². The van der Waals surface area contributed by atoms with E-state index in [1.165, 1.54) is 6.07 Å². The molecule has 2 aromatic heterocycles. The van der Waals surface area contributed by atoms with Crippen molar-refractivity contribution in [2.24, 2.45) is 0 Å². The number of hydrogen-bond acceptors (Lipinski definition) is 4. The maximum atomic E-state index is 12.2. The fourth-order valence-electron chi connectivity index (χ4n) is 1.42. The second kappa shape index (κ2) is 5.65. The van der Waals surface area contributed by atoms with E-state index in [2.05, 4.69) is 10.2 Å². The van der Waals surface area contributed by atoms with Gasteiger partial charge in [0.2, 0.25) is 0 Å². The van der Waals surface area contributed by atoms with Gasteiger partial charge >= 0.3 is 0 Å². The van der Waals surface area contributed by atoms with Crippen LogP contribution in [-0.4, -0.2) is 28.1 Å². The molecule has 0 bridgehead atoms. The lowest BCUT2D eigenvalue weighted by molar-refractivity contribution is 0.0786. The van der Waals surface area contributed by atoms with Crippen LogP contribution in [-0.2, 0) is 6.54 Å². The summed E-state index contributed by atoms with van der Waals surface area (Å²) >= 11 is 13.1. The van der Waals surface area contributed by atoms with Crippen LogP contribution in [0.25, 0.3) is 0 Å². The van der Waals surface area contributed by atoms with Gasteiger partial charge in [0.05, 0.1) is 12.1 Å². The minimum absolute atomic E-state index is 0.0578. The molecule has 0 radical (unpaired) electrons. The number of amides is 1. The van der Waals surface area contributed by atoms with Gasteiger partial charge in [-0.2, -0.15) is 0 Å². The van der Waals surface area contributed by atoms with Gasteiger partial charge < -0.3 is 4.90 Å². The molecule has 0 saturated carbocycles. The zero-order valence-corrected chi connectivity index (χ0v) is 11.8. The Morgan fingerprint density at radius 3 is 2.89 bits per heavy atom. The zero-order chi connectivity index (χ0) is 13.1. The summed E-state index contributed by atoms with van der Waals surface area (Å²) < 4.78 is 0. The van der Waals surface area contributed by atoms with Crippen molar-refractivity contribution >= 4 is 40.4 Å². The number of aromatic nitrogens is 2. The molecule has 0 unspecified atom stereocenters. The quantitative estimate of drug-likeness (QED) is 0.875. The highest BCUT2D eigenvalue weighted by Crippen LogP contribution is 2.19. The van der Waals surface area contributed by atoms with Gasteiger partial charge in [0, 0.05) is 11.9 Å². The molecule has 94 valence electrons. The zero-order valence-electron chi connectivity index (χ0n) is 9.43. The average Bonchev–Trinajstić information content (AvgIpc) is 2.84. The number of rotatable bonds is 3. The smallest absolute Gasteiger partial charge is 0.257 e. The van der Waals surface area contributed by atoms with E-state index in [1.807, 2.05) is 17.5 Å². The van der Waals surface area contributed by atoms with Gasteiger partial charge in [-0.05, 0) is 17.5 Å². The van der Waals surface area contributed by atoms with Crippen LogP contribution < -0.4 is 0 Å². The van der Waals surface area contributed by atoms with E-state index in [4.69, 9.17) is 23.2 Å². The van der Waals surface area contributed by atoms with E-state index in [-0.39, 0.29) is 21.8 Å². The van der Waals surface area contributed by atoms with Crippen molar-refractivity contribution in [3.63, 3.8) is 0 Å².